The van der Waals surface area contributed by atoms with Gasteiger partial charge in [-0.15, -0.1) is 12.3 Å². The summed E-state index contributed by atoms with van der Waals surface area (Å²) in [6, 6.07) is 0. The lowest BCUT2D eigenvalue weighted by Gasteiger charge is -2.13. The molecule has 0 radical (unpaired) electrons. The molecule has 0 N–H and O–H groups in total. The van der Waals surface area contributed by atoms with Gasteiger partial charge in [0, 0.05) is 17.0 Å². The molecule has 0 bridgehead atoms. The summed E-state index contributed by atoms with van der Waals surface area (Å²) in [4.78, 5) is 0. The summed E-state index contributed by atoms with van der Waals surface area (Å²) in [6.07, 6.45) is 1.30. The quantitative estimate of drug-likeness (QED) is 0.491. The summed E-state index contributed by atoms with van der Waals surface area (Å²) in [5.74, 6) is 0. The number of hydrogen-bond donors (Lipinski definition) is 0. The molecular formula is C12H10ClF3. The Hall–Kier alpha value is -1.18. The van der Waals surface area contributed by atoms with Crippen LogP contribution in [-0.2, 0) is 0 Å². The standard InChI is InChI=1S/C12H10ClF3/c1-2-4-9-5-3-6-10(13)7-8-11(9)12(14,15)16/h2-3,7-8H,1,4,6H2/b10-7+,11-8+. The van der Waals surface area contributed by atoms with Crippen molar-refractivity contribution in [3.05, 3.63) is 52.8 Å². The van der Waals surface area contributed by atoms with Gasteiger partial charge in [0.1, 0.15) is 0 Å². The van der Waals surface area contributed by atoms with E-state index in [4.69, 9.17) is 11.6 Å². The zero-order chi connectivity index (χ0) is 12.2. The minimum atomic E-state index is -4.40. The van der Waals surface area contributed by atoms with E-state index in [-0.39, 0.29) is 12.0 Å². The first-order valence-electron chi connectivity index (χ1n) is 4.64. The monoisotopic (exact) mass is 246 g/mol. The fraction of sp³-hybridized carbons (Fsp3) is 0.250. The van der Waals surface area contributed by atoms with E-state index >= 15 is 0 Å². The molecule has 1 aliphatic carbocycles. The van der Waals surface area contributed by atoms with Gasteiger partial charge in [-0.05, 0) is 24.6 Å². The second-order valence-corrected chi connectivity index (χ2v) is 3.70. The van der Waals surface area contributed by atoms with E-state index in [1.807, 2.05) is 0 Å². The van der Waals surface area contributed by atoms with Crippen molar-refractivity contribution in [1.82, 2.24) is 0 Å². The molecule has 0 aromatic heterocycles. The molecule has 0 amide bonds. The summed E-state index contributed by atoms with van der Waals surface area (Å²) >= 11 is 5.68. The van der Waals surface area contributed by atoms with Gasteiger partial charge in [-0.2, -0.15) is 13.2 Å². The van der Waals surface area contributed by atoms with E-state index in [9.17, 15) is 13.2 Å². The van der Waals surface area contributed by atoms with Crippen molar-refractivity contribution >= 4 is 11.6 Å². The molecule has 0 spiro atoms. The van der Waals surface area contributed by atoms with Crippen LogP contribution in [0.2, 0.25) is 0 Å². The molecule has 0 fully saturated rings. The first-order chi connectivity index (χ1) is 7.45. The van der Waals surface area contributed by atoms with Crippen LogP contribution in [0.1, 0.15) is 12.8 Å². The zero-order valence-corrected chi connectivity index (χ0v) is 9.20. The number of halogens is 4. The van der Waals surface area contributed by atoms with Crippen LogP contribution >= 0.6 is 11.6 Å². The normalized spacial score (nSPS) is 23.4. The Morgan fingerprint density at radius 1 is 1.44 bits per heavy atom. The average Bonchev–Trinajstić information content (AvgIpc) is 2.12. The number of alkyl halides is 3. The lowest BCUT2D eigenvalue weighted by Crippen LogP contribution is -2.13. The third kappa shape index (κ3) is 3.44. The van der Waals surface area contributed by atoms with Crippen LogP contribution in [0.25, 0.3) is 0 Å². The van der Waals surface area contributed by atoms with Crippen LogP contribution in [0, 0.1) is 0 Å². The van der Waals surface area contributed by atoms with Gasteiger partial charge in [-0.25, -0.2) is 0 Å². The summed E-state index contributed by atoms with van der Waals surface area (Å²) < 4.78 is 38.1. The van der Waals surface area contributed by atoms with E-state index in [1.165, 1.54) is 18.2 Å². The summed E-state index contributed by atoms with van der Waals surface area (Å²) in [7, 11) is 0. The molecule has 0 aliphatic heterocycles. The highest BCUT2D eigenvalue weighted by Gasteiger charge is 2.35. The SMILES string of the molecule is C=CCC1=C=CC/C(Cl)=C\C=C/1C(F)(F)F. The fourth-order valence-corrected chi connectivity index (χ4v) is 1.41. The smallest absolute Gasteiger partial charge is 0.166 e. The van der Waals surface area contributed by atoms with Crippen LogP contribution in [-0.4, -0.2) is 6.18 Å². The second-order valence-electron chi connectivity index (χ2n) is 3.22. The zero-order valence-electron chi connectivity index (χ0n) is 8.44. The van der Waals surface area contributed by atoms with Gasteiger partial charge in [0.25, 0.3) is 0 Å². The molecule has 1 rings (SSSR count). The molecular weight excluding hydrogens is 237 g/mol. The molecule has 16 heavy (non-hydrogen) atoms. The van der Waals surface area contributed by atoms with Crippen LogP contribution in [0.15, 0.2) is 52.8 Å². The first-order valence-corrected chi connectivity index (χ1v) is 5.02. The summed E-state index contributed by atoms with van der Waals surface area (Å²) in [5.41, 5.74) is 1.98. The molecule has 1 aliphatic rings. The number of allylic oxidation sites excluding steroid dienone is 6. The van der Waals surface area contributed by atoms with Crippen LogP contribution in [0.4, 0.5) is 13.2 Å². The average molecular weight is 247 g/mol. The minimum absolute atomic E-state index is 0.0860. The molecule has 0 unspecified atom stereocenters. The van der Waals surface area contributed by atoms with E-state index < -0.39 is 11.7 Å². The Morgan fingerprint density at radius 3 is 2.69 bits per heavy atom. The maximum absolute atomic E-state index is 12.7. The van der Waals surface area contributed by atoms with E-state index in [2.05, 4.69) is 12.3 Å². The lowest BCUT2D eigenvalue weighted by molar-refractivity contribution is -0.0894. The Labute approximate surface area is 97.1 Å². The predicted octanol–water partition coefficient (Wildman–Crippen LogP) is 4.66. The molecule has 0 nitrogen and oxygen atoms in total. The van der Waals surface area contributed by atoms with Gasteiger partial charge in [-0.3, -0.25) is 0 Å². The van der Waals surface area contributed by atoms with Crippen molar-refractivity contribution in [1.29, 1.82) is 0 Å². The maximum atomic E-state index is 12.7. The number of rotatable bonds is 2. The molecule has 0 aromatic carbocycles. The van der Waals surface area contributed by atoms with E-state index in [1.54, 1.807) is 0 Å². The van der Waals surface area contributed by atoms with E-state index in [0.29, 0.717) is 11.5 Å². The van der Waals surface area contributed by atoms with Gasteiger partial charge in [0.15, 0.2) is 0 Å². The molecule has 0 aromatic rings. The first kappa shape index (κ1) is 12.9. The third-order valence-corrected chi connectivity index (χ3v) is 2.26. The summed E-state index contributed by atoms with van der Waals surface area (Å²) in [5, 5.41) is 0.354. The Balaban J connectivity index is 3.22. The second kappa shape index (κ2) is 5.24. The van der Waals surface area contributed by atoms with Crippen molar-refractivity contribution in [3.63, 3.8) is 0 Å². The Kier molecular flexibility index (Phi) is 4.22. The van der Waals surface area contributed by atoms with Crippen molar-refractivity contribution in [2.24, 2.45) is 0 Å². The van der Waals surface area contributed by atoms with Gasteiger partial charge in [0.05, 0.1) is 5.57 Å². The van der Waals surface area contributed by atoms with Crippen molar-refractivity contribution < 1.29 is 13.2 Å². The van der Waals surface area contributed by atoms with Gasteiger partial charge in [0.2, 0.25) is 0 Å². The van der Waals surface area contributed by atoms with Gasteiger partial charge in [-0.1, -0.05) is 17.7 Å². The molecule has 86 valence electrons. The lowest BCUT2D eigenvalue weighted by atomic mass is 10.0. The topological polar surface area (TPSA) is 0 Å². The highest BCUT2D eigenvalue weighted by Crippen LogP contribution is 2.33. The Bertz CT molecular complexity index is 404. The highest BCUT2D eigenvalue weighted by atomic mass is 35.5. The van der Waals surface area contributed by atoms with Crippen LogP contribution < -0.4 is 0 Å². The summed E-state index contributed by atoms with van der Waals surface area (Å²) in [6.45, 7) is 3.43. The Morgan fingerprint density at radius 2 is 2.12 bits per heavy atom. The minimum Gasteiger partial charge on any atom is -0.166 e. The van der Waals surface area contributed by atoms with Crippen LogP contribution in [0.5, 0.6) is 0 Å². The fourth-order valence-electron chi connectivity index (χ4n) is 1.27. The predicted molar refractivity (Wildman–Crippen MR) is 59.1 cm³/mol. The van der Waals surface area contributed by atoms with Crippen molar-refractivity contribution in [3.8, 4) is 0 Å². The maximum Gasteiger partial charge on any atom is 0.417 e. The molecule has 4 heteroatoms. The van der Waals surface area contributed by atoms with Gasteiger partial charge < -0.3 is 0 Å². The van der Waals surface area contributed by atoms with Gasteiger partial charge >= 0.3 is 6.18 Å². The largest absolute Gasteiger partial charge is 0.417 e. The number of hydrogen-bond acceptors (Lipinski definition) is 0. The molecule has 0 saturated carbocycles. The molecule has 0 atom stereocenters. The van der Waals surface area contributed by atoms with Crippen molar-refractivity contribution in [2.75, 3.05) is 0 Å². The van der Waals surface area contributed by atoms with Crippen molar-refractivity contribution in [2.45, 2.75) is 19.0 Å². The van der Waals surface area contributed by atoms with Crippen LogP contribution in [0.3, 0.4) is 0 Å². The molecule has 0 saturated heterocycles. The molecule has 0 heterocycles. The third-order valence-electron chi connectivity index (χ3n) is 1.98. The van der Waals surface area contributed by atoms with E-state index in [0.717, 1.165) is 6.08 Å². The highest BCUT2D eigenvalue weighted by molar-refractivity contribution is 6.29.